The number of rotatable bonds is 10. The van der Waals surface area contributed by atoms with E-state index in [2.05, 4.69) is 55.1 Å². The molecule has 196 valence electrons. The van der Waals surface area contributed by atoms with Gasteiger partial charge in [-0.3, -0.25) is 0 Å². The van der Waals surface area contributed by atoms with E-state index < -0.39 is 18.3 Å². The second kappa shape index (κ2) is 11.5. The molecule has 1 aromatic heterocycles. The van der Waals surface area contributed by atoms with Gasteiger partial charge in [0.2, 0.25) is 0 Å². The van der Waals surface area contributed by atoms with Gasteiger partial charge in [-0.2, -0.15) is 0 Å². The first-order valence-corrected chi connectivity index (χ1v) is 17.5. The fraction of sp³-hybridized carbons (Fsp3) is 0.407. The third kappa shape index (κ3) is 7.11. The summed E-state index contributed by atoms with van der Waals surface area (Å²) in [6, 6.07) is 16.5. The van der Waals surface area contributed by atoms with Gasteiger partial charge < -0.3 is 9.74 Å². The maximum Gasteiger partial charge on any atom is 0.267 e. The predicted octanol–water partition coefficient (Wildman–Crippen LogP) is 7.34. The van der Waals surface area contributed by atoms with Crippen molar-refractivity contribution in [2.75, 3.05) is 13.2 Å². The van der Waals surface area contributed by atoms with E-state index in [0.29, 0.717) is 30.3 Å². The first-order valence-electron chi connectivity index (χ1n) is 12.0. The van der Waals surface area contributed by atoms with Crippen LogP contribution in [0.15, 0.2) is 70.2 Å². The van der Waals surface area contributed by atoms with Gasteiger partial charge in [-0.15, -0.1) is 0 Å². The largest absolute Gasteiger partial charge is 0.415 e. The zero-order chi connectivity index (χ0) is 26.7. The summed E-state index contributed by atoms with van der Waals surface area (Å²) in [6.45, 7) is 14.2. The second-order valence-corrected chi connectivity index (χ2v) is 18.6. The van der Waals surface area contributed by atoms with Crippen LogP contribution in [0.4, 0.5) is 0 Å². The Morgan fingerprint density at radius 1 is 1.11 bits per heavy atom. The molecule has 1 heterocycles. The van der Waals surface area contributed by atoms with E-state index >= 15 is 0 Å². The Morgan fingerprint density at radius 2 is 1.78 bits per heavy atom. The van der Waals surface area contributed by atoms with Crippen LogP contribution < -0.4 is 5.32 Å². The zero-order valence-electron chi connectivity index (χ0n) is 21.8. The Hall–Kier alpha value is -1.42. The van der Waals surface area contributed by atoms with Crippen LogP contribution in [0.3, 0.4) is 0 Å². The van der Waals surface area contributed by atoms with E-state index in [9.17, 15) is 8.42 Å². The van der Waals surface area contributed by atoms with Crippen LogP contribution in [0.5, 0.6) is 0 Å². The number of halogens is 2. The number of hydrogen-bond acceptors (Lipinski definition) is 4. The number of benzene rings is 2. The van der Waals surface area contributed by atoms with Crippen LogP contribution >= 0.6 is 27.5 Å². The number of nitrogens with one attached hydrogen (secondary N) is 1. The number of nitrogens with zero attached hydrogens (tertiary/aromatic N) is 1. The van der Waals surface area contributed by atoms with Gasteiger partial charge in [0, 0.05) is 34.4 Å². The normalized spacial score (nSPS) is 13.7. The van der Waals surface area contributed by atoms with Crippen LogP contribution in [0.2, 0.25) is 23.2 Å². The van der Waals surface area contributed by atoms with Gasteiger partial charge in [0.1, 0.15) is 0 Å². The van der Waals surface area contributed by atoms with E-state index in [0.717, 1.165) is 15.6 Å². The summed E-state index contributed by atoms with van der Waals surface area (Å²) in [6.07, 6.45) is 2.13. The first kappa shape index (κ1) is 29.1. The molecule has 0 aliphatic carbocycles. The van der Waals surface area contributed by atoms with Gasteiger partial charge in [-0.05, 0) is 76.9 Å². The maximum atomic E-state index is 13.3. The molecule has 0 bridgehead atoms. The topological polar surface area (TPSA) is 60.3 Å². The molecular formula is C27H36BrClN2O3SSi. The van der Waals surface area contributed by atoms with Crippen molar-refractivity contribution in [3.05, 3.63) is 87.1 Å². The Labute approximate surface area is 230 Å². The minimum absolute atomic E-state index is 0.0709. The standard InChI is InChI=1S/C27H36BrClN2O3SSi/c1-20-10-12-25(13-11-20)35(32,33)31-18-22(28)17-24(31)14-15-30-26(21-8-7-9-23(29)16-21)19-34-36(5,6)27(2,3)4/h7-13,16-18,26,30H,14-15,19H2,1-6H3/t26-/m1/s1. The summed E-state index contributed by atoms with van der Waals surface area (Å²) in [5.74, 6) is 0. The third-order valence-corrected chi connectivity index (χ3v) is 13.7. The van der Waals surface area contributed by atoms with Crippen molar-refractivity contribution in [1.82, 2.24) is 9.29 Å². The highest BCUT2D eigenvalue weighted by Gasteiger charge is 2.37. The molecule has 2 aromatic carbocycles. The molecule has 0 spiro atoms. The summed E-state index contributed by atoms with van der Waals surface area (Å²) >= 11 is 9.74. The number of aryl methyl sites for hydroxylation is 1. The summed E-state index contributed by atoms with van der Waals surface area (Å²) < 4.78 is 35.3. The lowest BCUT2D eigenvalue weighted by Gasteiger charge is -2.37. The SMILES string of the molecule is Cc1ccc(S(=O)(=O)n2cc(Br)cc2CCN[C@H](CO[Si](C)(C)C(C)(C)C)c2cccc(Cl)c2)cc1. The van der Waals surface area contributed by atoms with E-state index in [-0.39, 0.29) is 16.0 Å². The van der Waals surface area contributed by atoms with E-state index in [1.54, 1.807) is 18.3 Å². The molecule has 1 N–H and O–H groups in total. The smallest absolute Gasteiger partial charge is 0.267 e. The molecule has 0 amide bonds. The highest BCUT2D eigenvalue weighted by atomic mass is 79.9. The highest BCUT2D eigenvalue weighted by Crippen LogP contribution is 2.37. The van der Waals surface area contributed by atoms with Gasteiger partial charge in [0.25, 0.3) is 10.0 Å². The molecule has 36 heavy (non-hydrogen) atoms. The van der Waals surface area contributed by atoms with Gasteiger partial charge in [-0.25, -0.2) is 12.4 Å². The minimum Gasteiger partial charge on any atom is -0.415 e. The van der Waals surface area contributed by atoms with Gasteiger partial charge >= 0.3 is 0 Å². The molecule has 3 rings (SSSR count). The third-order valence-electron chi connectivity index (χ3n) is 6.85. The Kier molecular flexibility index (Phi) is 9.34. The lowest BCUT2D eigenvalue weighted by atomic mass is 10.1. The van der Waals surface area contributed by atoms with Crippen molar-refractivity contribution in [3.8, 4) is 0 Å². The predicted molar refractivity (Wildman–Crippen MR) is 155 cm³/mol. The van der Waals surface area contributed by atoms with Crippen molar-refractivity contribution in [2.24, 2.45) is 0 Å². The average Bonchev–Trinajstić information content (AvgIpc) is 3.17. The van der Waals surface area contributed by atoms with Crippen LogP contribution in [0, 0.1) is 6.92 Å². The van der Waals surface area contributed by atoms with Gasteiger partial charge in [0.05, 0.1) is 17.5 Å². The molecular weight excluding hydrogens is 576 g/mol. The lowest BCUT2D eigenvalue weighted by molar-refractivity contribution is 0.244. The van der Waals surface area contributed by atoms with Crippen LogP contribution in [0.25, 0.3) is 0 Å². The Balaban J connectivity index is 1.79. The molecule has 0 aliphatic rings. The summed E-state index contributed by atoms with van der Waals surface area (Å²) in [5.41, 5.74) is 2.76. The van der Waals surface area contributed by atoms with Crippen LogP contribution in [0.1, 0.15) is 43.6 Å². The van der Waals surface area contributed by atoms with Gasteiger partial charge in [-0.1, -0.05) is 62.2 Å². The minimum atomic E-state index is -3.70. The van der Waals surface area contributed by atoms with Crippen molar-refractivity contribution in [3.63, 3.8) is 0 Å². The molecule has 3 aromatic rings. The maximum absolute atomic E-state index is 13.3. The fourth-order valence-electron chi connectivity index (χ4n) is 3.56. The molecule has 0 saturated carbocycles. The lowest BCUT2D eigenvalue weighted by Crippen LogP contribution is -2.43. The molecule has 1 atom stereocenters. The number of aromatic nitrogens is 1. The van der Waals surface area contributed by atoms with E-state index in [4.69, 9.17) is 16.0 Å². The summed E-state index contributed by atoms with van der Waals surface area (Å²) in [4.78, 5) is 0.269. The molecule has 0 aliphatic heterocycles. The Morgan fingerprint density at radius 3 is 2.39 bits per heavy atom. The fourth-order valence-corrected chi connectivity index (χ4v) is 6.80. The molecule has 0 saturated heterocycles. The molecule has 5 nitrogen and oxygen atoms in total. The highest BCUT2D eigenvalue weighted by molar-refractivity contribution is 9.10. The Bertz CT molecular complexity index is 1290. The molecule has 9 heteroatoms. The van der Waals surface area contributed by atoms with E-state index in [1.807, 2.05) is 49.4 Å². The average molecular weight is 612 g/mol. The van der Waals surface area contributed by atoms with Crippen LogP contribution in [-0.4, -0.2) is 33.9 Å². The van der Waals surface area contributed by atoms with E-state index in [1.165, 1.54) is 3.97 Å². The monoisotopic (exact) mass is 610 g/mol. The first-order chi connectivity index (χ1) is 16.7. The second-order valence-electron chi connectivity index (χ2n) is 10.6. The van der Waals surface area contributed by atoms with Crippen molar-refractivity contribution >= 4 is 45.9 Å². The molecule has 0 fully saturated rings. The van der Waals surface area contributed by atoms with Crippen molar-refractivity contribution < 1.29 is 12.8 Å². The summed E-state index contributed by atoms with van der Waals surface area (Å²) in [5, 5.41) is 4.36. The quantitative estimate of drug-likeness (QED) is 0.244. The van der Waals surface area contributed by atoms with Crippen LogP contribution in [-0.2, 0) is 20.9 Å². The molecule has 0 radical (unpaired) electrons. The van der Waals surface area contributed by atoms with Gasteiger partial charge in [0.15, 0.2) is 8.32 Å². The number of hydrogen-bond donors (Lipinski definition) is 1. The summed E-state index contributed by atoms with van der Waals surface area (Å²) in [7, 11) is -5.65. The van der Waals surface area contributed by atoms with Crippen molar-refractivity contribution in [1.29, 1.82) is 0 Å². The van der Waals surface area contributed by atoms with Crippen molar-refractivity contribution in [2.45, 2.75) is 63.2 Å². The molecule has 0 unspecified atom stereocenters. The zero-order valence-corrected chi connectivity index (χ0v) is 26.0.